The summed E-state index contributed by atoms with van der Waals surface area (Å²) in [7, 11) is 0. The summed E-state index contributed by atoms with van der Waals surface area (Å²) < 4.78 is 5.64. The van der Waals surface area contributed by atoms with E-state index in [1.807, 2.05) is 0 Å². The molecule has 0 aromatic rings. The molecular formula is C13H26O2. The van der Waals surface area contributed by atoms with Crippen molar-refractivity contribution in [3.8, 4) is 0 Å². The summed E-state index contributed by atoms with van der Waals surface area (Å²) in [6, 6.07) is 0. The van der Waals surface area contributed by atoms with E-state index in [0.29, 0.717) is 12.0 Å². The van der Waals surface area contributed by atoms with E-state index < -0.39 is 0 Å². The molecule has 2 heteroatoms. The number of aliphatic hydroxyl groups excluding tert-OH is 1. The first kappa shape index (κ1) is 13.0. The zero-order chi connectivity index (χ0) is 11.1. The van der Waals surface area contributed by atoms with Crippen LogP contribution in [0.1, 0.15) is 58.8 Å². The molecule has 90 valence electrons. The molecule has 0 aromatic heterocycles. The summed E-state index contributed by atoms with van der Waals surface area (Å²) >= 11 is 0. The molecule has 0 radical (unpaired) electrons. The van der Waals surface area contributed by atoms with Crippen molar-refractivity contribution in [3.63, 3.8) is 0 Å². The van der Waals surface area contributed by atoms with Gasteiger partial charge in [0.05, 0.1) is 12.2 Å². The van der Waals surface area contributed by atoms with Gasteiger partial charge in [0.2, 0.25) is 0 Å². The van der Waals surface area contributed by atoms with Crippen LogP contribution in [0.4, 0.5) is 0 Å². The number of aliphatic hydroxyl groups is 1. The fraction of sp³-hybridized carbons (Fsp3) is 1.00. The summed E-state index contributed by atoms with van der Waals surface area (Å²) in [5, 5.41) is 9.95. The Bertz CT molecular complexity index is 149. The second-order valence-corrected chi connectivity index (χ2v) is 4.80. The summed E-state index contributed by atoms with van der Waals surface area (Å²) in [6.45, 7) is 5.30. The third kappa shape index (κ3) is 4.98. The SMILES string of the molecule is CCC(CC)CC(O)CC1CCCCO1. The van der Waals surface area contributed by atoms with Crippen molar-refractivity contribution in [1.29, 1.82) is 0 Å². The first-order valence-corrected chi connectivity index (χ1v) is 6.55. The molecule has 0 spiro atoms. The summed E-state index contributed by atoms with van der Waals surface area (Å²) in [5.74, 6) is 0.684. The van der Waals surface area contributed by atoms with Gasteiger partial charge in [-0.05, 0) is 38.0 Å². The van der Waals surface area contributed by atoms with Crippen molar-refractivity contribution in [2.45, 2.75) is 71.0 Å². The zero-order valence-corrected chi connectivity index (χ0v) is 10.2. The van der Waals surface area contributed by atoms with Crippen molar-refractivity contribution >= 4 is 0 Å². The highest BCUT2D eigenvalue weighted by Gasteiger charge is 2.19. The number of hydrogen-bond acceptors (Lipinski definition) is 2. The van der Waals surface area contributed by atoms with E-state index in [1.165, 1.54) is 25.7 Å². The normalized spacial score (nSPS) is 24.4. The molecule has 0 bridgehead atoms. The van der Waals surface area contributed by atoms with Crippen LogP contribution in [0.2, 0.25) is 0 Å². The largest absolute Gasteiger partial charge is 0.393 e. The molecule has 1 aliphatic heterocycles. The van der Waals surface area contributed by atoms with Gasteiger partial charge in [0, 0.05) is 6.61 Å². The van der Waals surface area contributed by atoms with Gasteiger partial charge >= 0.3 is 0 Å². The average Bonchev–Trinajstić information content (AvgIpc) is 2.27. The van der Waals surface area contributed by atoms with Gasteiger partial charge in [-0.25, -0.2) is 0 Å². The Morgan fingerprint density at radius 3 is 2.53 bits per heavy atom. The van der Waals surface area contributed by atoms with Gasteiger partial charge in [-0.1, -0.05) is 26.7 Å². The first-order valence-electron chi connectivity index (χ1n) is 6.55. The zero-order valence-electron chi connectivity index (χ0n) is 10.2. The Hall–Kier alpha value is -0.0800. The Labute approximate surface area is 94.0 Å². The number of hydrogen-bond donors (Lipinski definition) is 1. The Morgan fingerprint density at radius 2 is 2.00 bits per heavy atom. The maximum Gasteiger partial charge on any atom is 0.0599 e. The predicted molar refractivity (Wildman–Crippen MR) is 62.9 cm³/mol. The predicted octanol–water partition coefficient (Wildman–Crippen LogP) is 3.13. The van der Waals surface area contributed by atoms with Gasteiger partial charge in [0.25, 0.3) is 0 Å². The maximum absolute atomic E-state index is 9.95. The van der Waals surface area contributed by atoms with Crippen molar-refractivity contribution in [1.82, 2.24) is 0 Å². The van der Waals surface area contributed by atoms with E-state index in [2.05, 4.69) is 13.8 Å². The molecule has 1 saturated heterocycles. The van der Waals surface area contributed by atoms with Crippen LogP contribution in [-0.4, -0.2) is 23.9 Å². The van der Waals surface area contributed by atoms with Crippen LogP contribution in [-0.2, 0) is 4.74 Å². The number of ether oxygens (including phenoxy) is 1. The van der Waals surface area contributed by atoms with Crippen LogP contribution in [0.3, 0.4) is 0 Å². The van der Waals surface area contributed by atoms with Crippen LogP contribution in [0.25, 0.3) is 0 Å². The summed E-state index contributed by atoms with van der Waals surface area (Å²) in [6.07, 6.45) is 7.92. The number of rotatable bonds is 6. The molecule has 0 aromatic carbocycles. The molecule has 1 fully saturated rings. The lowest BCUT2D eigenvalue weighted by Crippen LogP contribution is -2.25. The smallest absolute Gasteiger partial charge is 0.0599 e. The molecule has 0 aliphatic carbocycles. The van der Waals surface area contributed by atoms with E-state index >= 15 is 0 Å². The van der Waals surface area contributed by atoms with Crippen molar-refractivity contribution in [2.24, 2.45) is 5.92 Å². The van der Waals surface area contributed by atoms with Gasteiger partial charge in [-0.2, -0.15) is 0 Å². The second kappa shape index (κ2) is 7.24. The van der Waals surface area contributed by atoms with Gasteiger partial charge in [-0.15, -0.1) is 0 Å². The maximum atomic E-state index is 9.95. The van der Waals surface area contributed by atoms with Crippen LogP contribution >= 0.6 is 0 Å². The Kier molecular flexibility index (Phi) is 6.26. The molecular weight excluding hydrogens is 188 g/mol. The Balaban J connectivity index is 2.18. The minimum Gasteiger partial charge on any atom is -0.393 e. The lowest BCUT2D eigenvalue weighted by atomic mass is 9.92. The van der Waals surface area contributed by atoms with Gasteiger partial charge in [0.1, 0.15) is 0 Å². The van der Waals surface area contributed by atoms with E-state index in [9.17, 15) is 5.11 Å². The van der Waals surface area contributed by atoms with Crippen molar-refractivity contribution in [3.05, 3.63) is 0 Å². The lowest BCUT2D eigenvalue weighted by Gasteiger charge is -2.26. The first-order chi connectivity index (χ1) is 7.26. The Morgan fingerprint density at radius 1 is 1.27 bits per heavy atom. The highest BCUT2D eigenvalue weighted by atomic mass is 16.5. The highest BCUT2D eigenvalue weighted by Crippen LogP contribution is 2.22. The van der Waals surface area contributed by atoms with Crippen LogP contribution in [0.15, 0.2) is 0 Å². The van der Waals surface area contributed by atoms with Crippen LogP contribution < -0.4 is 0 Å². The quantitative estimate of drug-likeness (QED) is 0.736. The van der Waals surface area contributed by atoms with Crippen LogP contribution in [0.5, 0.6) is 0 Å². The van der Waals surface area contributed by atoms with E-state index in [4.69, 9.17) is 4.74 Å². The molecule has 2 unspecified atom stereocenters. The van der Waals surface area contributed by atoms with E-state index in [0.717, 1.165) is 25.9 Å². The van der Waals surface area contributed by atoms with Gasteiger partial charge < -0.3 is 9.84 Å². The third-order valence-corrected chi connectivity index (χ3v) is 3.57. The minimum absolute atomic E-state index is 0.155. The van der Waals surface area contributed by atoms with E-state index in [-0.39, 0.29) is 6.10 Å². The molecule has 1 aliphatic rings. The minimum atomic E-state index is -0.155. The molecule has 1 N–H and O–H groups in total. The fourth-order valence-electron chi connectivity index (χ4n) is 2.40. The molecule has 15 heavy (non-hydrogen) atoms. The monoisotopic (exact) mass is 214 g/mol. The van der Waals surface area contributed by atoms with Crippen molar-refractivity contribution < 1.29 is 9.84 Å². The molecule has 2 atom stereocenters. The fourth-order valence-corrected chi connectivity index (χ4v) is 2.40. The highest BCUT2D eigenvalue weighted by molar-refractivity contribution is 4.71. The average molecular weight is 214 g/mol. The molecule has 1 rings (SSSR count). The molecule has 0 amide bonds. The summed E-state index contributed by atoms with van der Waals surface area (Å²) in [4.78, 5) is 0. The summed E-state index contributed by atoms with van der Waals surface area (Å²) in [5.41, 5.74) is 0. The lowest BCUT2D eigenvalue weighted by molar-refractivity contribution is -0.0194. The third-order valence-electron chi connectivity index (χ3n) is 3.57. The topological polar surface area (TPSA) is 29.5 Å². The molecule has 0 saturated carbocycles. The van der Waals surface area contributed by atoms with Crippen LogP contribution in [0, 0.1) is 5.92 Å². The van der Waals surface area contributed by atoms with Gasteiger partial charge in [-0.3, -0.25) is 0 Å². The molecule has 1 heterocycles. The molecule has 2 nitrogen and oxygen atoms in total. The van der Waals surface area contributed by atoms with Crippen molar-refractivity contribution in [2.75, 3.05) is 6.61 Å². The van der Waals surface area contributed by atoms with Gasteiger partial charge in [0.15, 0.2) is 0 Å². The standard InChI is InChI=1S/C13H26O2/c1-3-11(4-2)9-12(14)10-13-7-5-6-8-15-13/h11-14H,3-10H2,1-2H3. The second-order valence-electron chi connectivity index (χ2n) is 4.80. The van der Waals surface area contributed by atoms with E-state index in [1.54, 1.807) is 0 Å².